The summed E-state index contributed by atoms with van der Waals surface area (Å²) >= 11 is 0. The number of esters is 1. The molecule has 0 aromatic rings. The Morgan fingerprint density at radius 1 is 0.647 bits per heavy atom. The SMILES string of the molecule is CC/C=C\C/C=C\C/C=C\C/C=C\CCCCCOCC(COP(=O)(O)OCC(N)C(=O)O)OC(=O)CCCCCCC/C=C\CCCCCC. The van der Waals surface area contributed by atoms with Crippen LogP contribution in [0.1, 0.15) is 142 Å². The monoisotopic (exact) mass is 739 g/mol. The average molecular weight is 740 g/mol. The number of carboxylic acids is 1. The lowest BCUT2D eigenvalue weighted by Gasteiger charge is -2.20. The van der Waals surface area contributed by atoms with Crippen LogP contribution >= 0.6 is 7.82 Å². The molecule has 0 rings (SSSR count). The number of carbonyl (C=O) groups is 2. The van der Waals surface area contributed by atoms with Crippen LogP contribution in [0.5, 0.6) is 0 Å². The van der Waals surface area contributed by atoms with E-state index in [0.717, 1.165) is 89.9 Å². The highest BCUT2D eigenvalue weighted by Gasteiger charge is 2.27. The zero-order valence-corrected chi connectivity index (χ0v) is 32.6. The summed E-state index contributed by atoms with van der Waals surface area (Å²) in [4.78, 5) is 33.4. The number of phosphoric acid groups is 1. The third-order valence-electron chi connectivity index (χ3n) is 7.78. The molecule has 0 amide bonds. The van der Waals surface area contributed by atoms with E-state index in [1.807, 2.05) is 0 Å². The van der Waals surface area contributed by atoms with Gasteiger partial charge in [0.2, 0.25) is 0 Å². The van der Waals surface area contributed by atoms with E-state index in [9.17, 15) is 19.0 Å². The summed E-state index contributed by atoms with van der Waals surface area (Å²) in [5, 5.41) is 8.87. The molecule has 10 nitrogen and oxygen atoms in total. The molecule has 11 heteroatoms. The quantitative estimate of drug-likeness (QED) is 0.0245. The first-order chi connectivity index (χ1) is 24.7. The highest BCUT2D eigenvalue weighted by atomic mass is 31.2. The molecule has 0 saturated carbocycles. The van der Waals surface area contributed by atoms with Crippen molar-refractivity contribution >= 4 is 19.8 Å². The normalized spacial score (nSPS) is 14.7. The van der Waals surface area contributed by atoms with Crippen molar-refractivity contribution in [3.63, 3.8) is 0 Å². The molecule has 0 bridgehead atoms. The molecule has 0 saturated heterocycles. The number of nitrogens with two attached hydrogens (primary N) is 1. The topological polar surface area (TPSA) is 155 Å². The van der Waals surface area contributed by atoms with Crippen LogP contribution in [0, 0.1) is 0 Å². The predicted octanol–water partition coefficient (Wildman–Crippen LogP) is 10.1. The van der Waals surface area contributed by atoms with Gasteiger partial charge in [-0.3, -0.25) is 18.6 Å². The largest absolute Gasteiger partial charge is 0.480 e. The van der Waals surface area contributed by atoms with Crippen molar-refractivity contribution < 1.29 is 42.7 Å². The Bertz CT molecular complexity index is 1040. The fraction of sp³-hybridized carbons (Fsp3) is 0.700. The molecule has 0 aromatic heterocycles. The summed E-state index contributed by atoms with van der Waals surface area (Å²) < 4.78 is 33.2. The number of allylic oxidation sites excluding steroid dienone is 10. The minimum atomic E-state index is -4.62. The second-order valence-electron chi connectivity index (χ2n) is 12.7. The van der Waals surface area contributed by atoms with Gasteiger partial charge in [-0.25, -0.2) is 4.57 Å². The summed E-state index contributed by atoms with van der Waals surface area (Å²) in [5.74, 6) is -1.81. The first-order valence-corrected chi connectivity index (χ1v) is 20.8. The van der Waals surface area contributed by atoms with Gasteiger partial charge in [0.1, 0.15) is 12.1 Å². The Morgan fingerprint density at radius 2 is 1.14 bits per heavy atom. The maximum absolute atomic E-state index is 12.6. The molecule has 3 atom stereocenters. The standard InChI is InChI=1S/C40H70NO9P/c1-3-5-7-9-11-13-15-17-18-19-21-23-25-27-29-31-33-47-34-37(35-48-51(45,46)49-36-38(41)40(43)44)50-39(42)32-30-28-26-24-22-20-16-14-12-10-8-6-4-2/h5,7,11,13-14,16-18,21,23,37-38H,3-4,6,8-10,12,15,19-20,22,24-36,41H2,1-2H3,(H,43,44)(H,45,46)/b7-5-,13-11-,16-14-,18-17-,23-21-. The number of carbonyl (C=O) groups excluding carboxylic acids is 1. The van der Waals surface area contributed by atoms with Crippen molar-refractivity contribution in [1.82, 2.24) is 0 Å². The number of phosphoric ester groups is 1. The van der Waals surface area contributed by atoms with Gasteiger partial charge in [0.25, 0.3) is 0 Å². The molecule has 0 radical (unpaired) electrons. The predicted molar refractivity (Wildman–Crippen MR) is 207 cm³/mol. The van der Waals surface area contributed by atoms with E-state index in [1.54, 1.807) is 0 Å². The molecule has 0 aliphatic rings. The lowest BCUT2D eigenvalue weighted by Crippen LogP contribution is -2.34. The van der Waals surface area contributed by atoms with Crippen LogP contribution in [0.2, 0.25) is 0 Å². The molecular weight excluding hydrogens is 669 g/mol. The van der Waals surface area contributed by atoms with Gasteiger partial charge in [-0.05, 0) is 77.0 Å². The molecule has 0 fully saturated rings. The highest BCUT2D eigenvalue weighted by Crippen LogP contribution is 2.43. The van der Waals surface area contributed by atoms with Gasteiger partial charge in [0.15, 0.2) is 0 Å². The first-order valence-electron chi connectivity index (χ1n) is 19.3. The average Bonchev–Trinajstić information content (AvgIpc) is 3.10. The number of carboxylic acid groups (broad SMARTS) is 1. The van der Waals surface area contributed by atoms with Crippen LogP contribution in [-0.4, -0.2) is 60.5 Å². The number of unbranched alkanes of at least 4 members (excludes halogenated alkanes) is 12. The second kappa shape index (κ2) is 36.0. The maximum atomic E-state index is 12.6. The molecule has 0 aromatic carbocycles. The van der Waals surface area contributed by atoms with Gasteiger partial charge in [0.05, 0.1) is 19.8 Å². The minimum Gasteiger partial charge on any atom is -0.480 e. The van der Waals surface area contributed by atoms with Crippen LogP contribution < -0.4 is 5.73 Å². The second-order valence-corrected chi connectivity index (χ2v) is 14.1. The third kappa shape index (κ3) is 35.8. The Labute approximate surface area is 309 Å². The Balaban J connectivity index is 4.39. The Kier molecular flexibility index (Phi) is 34.4. The molecule has 51 heavy (non-hydrogen) atoms. The van der Waals surface area contributed by atoms with E-state index >= 15 is 0 Å². The molecule has 0 aliphatic carbocycles. The van der Waals surface area contributed by atoms with Crippen molar-refractivity contribution in [2.75, 3.05) is 26.4 Å². The lowest BCUT2D eigenvalue weighted by atomic mass is 10.1. The van der Waals surface area contributed by atoms with Gasteiger partial charge in [-0.1, -0.05) is 120 Å². The summed E-state index contributed by atoms with van der Waals surface area (Å²) in [6, 6.07) is -1.48. The van der Waals surface area contributed by atoms with Gasteiger partial charge < -0.3 is 25.2 Å². The van der Waals surface area contributed by atoms with Crippen molar-refractivity contribution in [3.05, 3.63) is 60.8 Å². The third-order valence-corrected chi connectivity index (χ3v) is 8.73. The van der Waals surface area contributed by atoms with Crippen molar-refractivity contribution in [2.24, 2.45) is 5.73 Å². The smallest absolute Gasteiger partial charge is 0.472 e. The van der Waals surface area contributed by atoms with Crippen molar-refractivity contribution in [1.29, 1.82) is 0 Å². The summed E-state index contributed by atoms with van der Waals surface area (Å²) in [7, 11) is -4.62. The Morgan fingerprint density at radius 3 is 1.73 bits per heavy atom. The zero-order valence-electron chi connectivity index (χ0n) is 31.7. The van der Waals surface area contributed by atoms with E-state index < -0.39 is 45.1 Å². The van der Waals surface area contributed by atoms with Crippen LogP contribution in [-0.2, 0) is 32.7 Å². The van der Waals surface area contributed by atoms with Crippen LogP contribution in [0.15, 0.2) is 60.8 Å². The van der Waals surface area contributed by atoms with Crippen LogP contribution in [0.25, 0.3) is 0 Å². The van der Waals surface area contributed by atoms with Crippen LogP contribution in [0.4, 0.5) is 0 Å². The van der Waals surface area contributed by atoms with E-state index in [2.05, 4.69) is 79.1 Å². The molecule has 4 N–H and O–H groups in total. The van der Waals surface area contributed by atoms with Gasteiger partial charge in [-0.2, -0.15) is 0 Å². The van der Waals surface area contributed by atoms with Gasteiger partial charge in [-0.15, -0.1) is 0 Å². The highest BCUT2D eigenvalue weighted by molar-refractivity contribution is 7.47. The van der Waals surface area contributed by atoms with Crippen molar-refractivity contribution in [3.8, 4) is 0 Å². The first kappa shape index (κ1) is 48.7. The number of rotatable bonds is 36. The van der Waals surface area contributed by atoms with E-state index in [0.29, 0.717) is 13.0 Å². The summed E-state index contributed by atoms with van der Waals surface area (Å²) in [6.07, 6.45) is 41.3. The van der Waals surface area contributed by atoms with Gasteiger partial charge in [0, 0.05) is 13.0 Å². The molecule has 294 valence electrons. The fourth-order valence-corrected chi connectivity index (χ4v) is 5.54. The molecule has 0 heterocycles. The van der Waals surface area contributed by atoms with E-state index in [-0.39, 0.29) is 13.0 Å². The molecule has 0 spiro atoms. The fourth-order valence-electron chi connectivity index (χ4n) is 4.76. The zero-order chi connectivity index (χ0) is 37.7. The molecule has 3 unspecified atom stereocenters. The number of hydrogen-bond donors (Lipinski definition) is 3. The van der Waals surface area contributed by atoms with Crippen molar-refractivity contribution in [2.45, 2.75) is 154 Å². The van der Waals surface area contributed by atoms with E-state index in [1.165, 1.54) is 25.7 Å². The molecular formula is C40H70NO9P. The summed E-state index contributed by atoms with van der Waals surface area (Å²) in [6.45, 7) is 3.63. The lowest BCUT2D eigenvalue weighted by molar-refractivity contribution is -0.154. The summed E-state index contributed by atoms with van der Waals surface area (Å²) in [5.41, 5.74) is 5.33. The maximum Gasteiger partial charge on any atom is 0.472 e. The van der Waals surface area contributed by atoms with E-state index in [4.69, 9.17) is 24.8 Å². The number of ether oxygens (including phenoxy) is 2. The number of hydrogen-bond acceptors (Lipinski definition) is 8. The minimum absolute atomic E-state index is 0.0105. The molecule has 0 aliphatic heterocycles. The Hall–Kier alpha value is -2.33. The van der Waals surface area contributed by atoms with Gasteiger partial charge >= 0.3 is 19.8 Å². The van der Waals surface area contributed by atoms with Crippen LogP contribution in [0.3, 0.4) is 0 Å². The number of aliphatic carboxylic acids is 1.